The van der Waals surface area contributed by atoms with E-state index in [-0.39, 0.29) is 0 Å². The van der Waals surface area contributed by atoms with Gasteiger partial charge < -0.3 is 5.32 Å². The first-order chi connectivity index (χ1) is 6.99. The molecule has 0 amide bonds. The van der Waals surface area contributed by atoms with Gasteiger partial charge in [-0.3, -0.25) is 4.98 Å². The van der Waals surface area contributed by atoms with E-state index in [1.807, 2.05) is 11.7 Å². The molecule has 3 heteroatoms. The quantitative estimate of drug-likeness (QED) is 0.806. The Balaban J connectivity index is 2.32. The van der Waals surface area contributed by atoms with Gasteiger partial charge >= 0.3 is 0 Å². The van der Waals surface area contributed by atoms with Crippen LogP contribution in [0.3, 0.4) is 0 Å². The molecule has 1 rings (SSSR count). The van der Waals surface area contributed by atoms with Crippen LogP contribution >= 0.6 is 11.3 Å². The fourth-order valence-corrected chi connectivity index (χ4v) is 2.44. The summed E-state index contributed by atoms with van der Waals surface area (Å²) in [5, 5.41) is 3.47. The van der Waals surface area contributed by atoms with Crippen molar-refractivity contribution < 1.29 is 0 Å². The second-order valence-corrected chi connectivity index (χ2v) is 6.14. The van der Waals surface area contributed by atoms with Gasteiger partial charge in [0, 0.05) is 17.1 Å². The molecular weight excluding hydrogens is 204 g/mol. The highest BCUT2D eigenvalue weighted by molar-refractivity contribution is 7.09. The molecule has 2 nitrogen and oxygen atoms in total. The van der Waals surface area contributed by atoms with Crippen LogP contribution in [0.15, 0.2) is 11.7 Å². The van der Waals surface area contributed by atoms with Gasteiger partial charge in [-0.05, 0) is 24.8 Å². The van der Waals surface area contributed by atoms with Gasteiger partial charge in [0.05, 0.1) is 5.51 Å². The Morgan fingerprint density at radius 3 is 2.73 bits per heavy atom. The Bertz CT molecular complexity index is 265. The van der Waals surface area contributed by atoms with E-state index < -0.39 is 0 Å². The Kier molecular flexibility index (Phi) is 4.74. The second kappa shape index (κ2) is 5.61. The largest absolute Gasteiger partial charge is 0.315 e. The standard InChI is InChI=1S/C12H22N2S/c1-10(2)14-6-5-12(3,4)7-11-8-13-9-15-11/h8-10,14H,5-7H2,1-4H3. The highest BCUT2D eigenvalue weighted by Crippen LogP contribution is 2.26. The molecule has 0 radical (unpaired) electrons. The monoisotopic (exact) mass is 226 g/mol. The zero-order chi connectivity index (χ0) is 11.3. The molecule has 0 spiro atoms. The fraction of sp³-hybridized carbons (Fsp3) is 0.750. The number of thiazole rings is 1. The summed E-state index contributed by atoms with van der Waals surface area (Å²) in [6, 6.07) is 0.587. The summed E-state index contributed by atoms with van der Waals surface area (Å²) < 4.78 is 0. The third kappa shape index (κ3) is 5.28. The maximum atomic E-state index is 4.12. The van der Waals surface area contributed by atoms with Crippen molar-refractivity contribution in [1.82, 2.24) is 10.3 Å². The predicted octanol–water partition coefficient (Wildman–Crippen LogP) is 3.10. The van der Waals surface area contributed by atoms with E-state index in [0.29, 0.717) is 11.5 Å². The number of rotatable bonds is 6. The number of aromatic nitrogens is 1. The zero-order valence-corrected chi connectivity index (χ0v) is 11.0. The summed E-state index contributed by atoms with van der Waals surface area (Å²) in [4.78, 5) is 5.51. The number of hydrogen-bond acceptors (Lipinski definition) is 3. The lowest BCUT2D eigenvalue weighted by Gasteiger charge is -2.24. The van der Waals surface area contributed by atoms with Crippen LogP contribution in [0.5, 0.6) is 0 Å². The van der Waals surface area contributed by atoms with E-state index in [0.717, 1.165) is 13.0 Å². The van der Waals surface area contributed by atoms with Crippen molar-refractivity contribution in [2.24, 2.45) is 5.41 Å². The van der Waals surface area contributed by atoms with Gasteiger partial charge in [-0.15, -0.1) is 11.3 Å². The average Bonchev–Trinajstić information content (AvgIpc) is 2.54. The van der Waals surface area contributed by atoms with E-state index in [1.165, 1.54) is 11.3 Å². The van der Waals surface area contributed by atoms with Gasteiger partial charge in [0.2, 0.25) is 0 Å². The minimum Gasteiger partial charge on any atom is -0.315 e. The van der Waals surface area contributed by atoms with Gasteiger partial charge in [-0.25, -0.2) is 0 Å². The molecule has 1 aromatic rings. The average molecular weight is 226 g/mol. The van der Waals surface area contributed by atoms with E-state index in [4.69, 9.17) is 0 Å². The molecule has 0 aliphatic rings. The lowest BCUT2D eigenvalue weighted by molar-refractivity contribution is 0.322. The molecule has 0 aromatic carbocycles. The second-order valence-electron chi connectivity index (χ2n) is 5.17. The van der Waals surface area contributed by atoms with Gasteiger partial charge in [0.25, 0.3) is 0 Å². The lowest BCUT2D eigenvalue weighted by atomic mass is 9.85. The molecule has 0 bridgehead atoms. The first-order valence-corrected chi connectivity index (χ1v) is 6.48. The molecule has 0 fully saturated rings. The Labute approximate surface area is 97.1 Å². The van der Waals surface area contributed by atoms with Crippen molar-refractivity contribution in [3.05, 3.63) is 16.6 Å². The Hall–Kier alpha value is -0.410. The summed E-state index contributed by atoms with van der Waals surface area (Å²) in [6.45, 7) is 10.1. The number of nitrogens with zero attached hydrogens (tertiary/aromatic N) is 1. The van der Waals surface area contributed by atoms with Gasteiger partial charge in [0.15, 0.2) is 0 Å². The topological polar surface area (TPSA) is 24.9 Å². The minimum atomic E-state index is 0.369. The summed E-state index contributed by atoms with van der Waals surface area (Å²) in [5.41, 5.74) is 2.28. The normalized spacial score (nSPS) is 12.3. The van der Waals surface area contributed by atoms with E-state index in [9.17, 15) is 0 Å². The molecule has 1 heterocycles. The van der Waals surface area contributed by atoms with Gasteiger partial charge in [0.1, 0.15) is 0 Å². The van der Waals surface area contributed by atoms with Crippen molar-refractivity contribution in [3.63, 3.8) is 0 Å². The molecule has 0 aliphatic heterocycles. The Morgan fingerprint density at radius 1 is 1.47 bits per heavy atom. The smallest absolute Gasteiger partial charge is 0.0794 e. The van der Waals surface area contributed by atoms with Gasteiger partial charge in [-0.1, -0.05) is 27.7 Å². The van der Waals surface area contributed by atoms with Crippen molar-refractivity contribution in [2.45, 2.75) is 46.6 Å². The molecule has 0 unspecified atom stereocenters. The zero-order valence-electron chi connectivity index (χ0n) is 10.2. The molecule has 0 saturated carbocycles. The van der Waals surface area contributed by atoms with Crippen LogP contribution < -0.4 is 5.32 Å². The highest BCUT2D eigenvalue weighted by Gasteiger charge is 2.18. The van der Waals surface area contributed by atoms with Crippen LogP contribution in [-0.2, 0) is 6.42 Å². The van der Waals surface area contributed by atoms with E-state index in [1.54, 1.807) is 11.3 Å². The molecule has 1 aromatic heterocycles. The van der Waals surface area contributed by atoms with E-state index >= 15 is 0 Å². The SMILES string of the molecule is CC(C)NCCC(C)(C)Cc1cncs1. The highest BCUT2D eigenvalue weighted by atomic mass is 32.1. The number of nitrogens with one attached hydrogen (secondary N) is 1. The summed E-state index contributed by atoms with van der Waals surface area (Å²) in [5.74, 6) is 0. The van der Waals surface area contributed by atoms with Crippen molar-refractivity contribution in [1.29, 1.82) is 0 Å². The molecule has 0 aliphatic carbocycles. The fourth-order valence-electron chi connectivity index (χ4n) is 1.59. The lowest BCUT2D eigenvalue weighted by Crippen LogP contribution is -2.28. The Morgan fingerprint density at radius 2 is 2.20 bits per heavy atom. The summed E-state index contributed by atoms with van der Waals surface area (Å²) >= 11 is 1.76. The predicted molar refractivity (Wildman–Crippen MR) is 67.4 cm³/mol. The molecule has 15 heavy (non-hydrogen) atoms. The first-order valence-electron chi connectivity index (χ1n) is 5.60. The summed E-state index contributed by atoms with van der Waals surface area (Å²) in [7, 11) is 0. The van der Waals surface area contributed by atoms with Crippen LogP contribution in [0.25, 0.3) is 0 Å². The van der Waals surface area contributed by atoms with Gasteiger partial charge in [-0.2, -0.15) is 0 Å². The first kappa shape index (κ1) is 12.7. The molecular formula is C12H22N2S. The van der Waals surface area contributed by atoms with Crippen LogP contribution in [-0.4, -0.2) is 17.6 Å². The van der Waals surface area contributed by atoms with Crippen molar-refractivity contribution in [3.8, 4) is 0 Å². The van der Waals surface area contributed by atoms with Crippen LogP contribution in [0.4, 0.5) is 0 Å². The molecule has 0 saturated heterocycles. The summed E-state index contributed by atoms with van der Waals surface area (Å²) in [6.07, 6.45) is 4.34. The van der Waals surface area contributed by atoms with Crippen LogP contribution in [0.2, 0.25) is 0 Å². The van der Waals surface area contributed by atoms with Crippen molar-refractivity contribution in [2.75, 3.05) is 6.54 Å². The van der Waals surface area contributed by atoms with Crippen LogP contribution in [0.1, 0.15) is 39.0 Å². The third-order valence-electron chi connectivity index (χ3n) is 2.49. The molecule has 1 N–H and O–H groups in total. The third-order valence-corrected chi connectivity index (χ3v) is 3.27. The number of hydrogen-bond donors (Lipinski definition) is 1. The van der Waals surface area contributed by atoms with Crippen molar-refractivity contribution >= 4 is 11.3 Å². The maximum absolute atomic E-state index is 4.12. The van der Waals surface area contributed by atoms with E-state index in [2.05, 4.69) is 38.0 Å². The maximum Gasteiger partial charge on any atom is 0.0794 e. The molecule has 86 valence electrons. The molecule has 0 atom stereocenters. The minimum absolute atomic E-state index is 0.369. The van der Waals surface area contributed by atoms with Crippen LogP contribution in [0, 0.1) is 5.41 Å².